The highest BCUT2D eigenvalue weighted by molar-refractivity contribution is 5.89. The van der Waals surface area contributed by atoms with Crippen molar-refractivity contribution in [2.75, 3.05) is 6.61 Å². The zero-order valence-electron chi connectivity index (χ0n) is 28.9. The van der Waals surface area contributed by atoms with E-state index in [1.54, 1.807) is 37.3 Å². The van der Waals surface area contributed by atoms with Crippen LogP contribution < -0.4 is 0 Å². The Labute approximate surface area is 292 Å². The third kappa shape index (κ3) is 9.21. The lowest BCUT2D eigenvalue weighted by atomic mass is 9.79. The molecule has 14 nitrogen and oxygen atoms in total. The van der Waals surface area contributed by atoms with Gasteiger partial charge in [-0.1, -0.05) is 64.2 Å². The highest BCUT2D eigenvalue weighted by Crippen LogP contribution is 2.39. The largest absolute Gasteiger partial charge is 0.479 e. The molecule has 15 atom stereocenters. The predicted molar refractivity (Wildman–Crippen MR) is 175 cm³/mol. The summed E-state index contributed by atoms with van der Waals surface area (Å²) in [4.78, 5) is 26.0. The molecule has 2 heterocycles. The second-order valence-corrected chi connectivity index (χ2v) is 14.6. The van der Waals surface area contributed by atoms with Gasteiger partial charge in [0, 0.05) is 0 Å². The SMILES string of the molecule is C[C@@H]1C[C@H](C)[C@@H](O[C@@H]2O[C@@H](C)[C@@H](O)[C@@H](O)[C@@H]2O)[C@H](O[C@@H]2O[C@H](CO)[C@H](O)[C@H](O[C@@H](CC3CCCCC3)C(=O)O)[C@H]2OC(=O)c2ccccc2)C1. The van der Waals surface area contributed by atoms with Crippen LogP contribution in [0.1, 0.15) is 82.5 Å². The Morgan fingerprint density at radius 2 is 1.52 bits per heavy atom. The number of ether oxygens (including phenoxy) is 6. The Kier molecular flexibility index (Phi) is 13.7. The molecule has 0 amide bonds. The average molecular weight is 711 g/mol. The normalized spacial score (nSPS) is 40.6. The predicted octanol–water partition coefficient (Wildman–Crippen LogP) is 1.76. The van der Waals surface area contributed by atoms with E-state index in [2.05, 4.69) is 0 Å². The van der Waals surface area contributed by atoms with Gasteiger partial charge in [0.2, 0.25) is 0 Å². The summed E-state index contributed by atoms with van der Waals surface area (Å²) >= 11 is 0. The van der Waals surface area contributed by atoms with Crippen molar-refractivity contribution < 1.29 is 68.6 Å². The first-order valence-corrected chi connectivity index (χ1v) is 18.0. The number of carboxylic acids is 1. The Morgan fingerprint density at radius 3 is 2.18 bits per heavy atom. The van der Waals surface area contributed by atoms with Gasteiger partial charge in [0.15, 0.2) is 24.8 Å². The molecule has 2 aliphatic heterocycles. The monoisotopic (exact) mass is 710 g/mol. The van der Waals surface area contributed by atoms with Gasteiger partial charge in [-0.3, -0.25) is 0 Å². The lowest BCUT2D eigenvalue weighted by Gasteiger charge is -2.48. The quantitative estimate of drug-likeness (QED) is 0.171. The van der Waals surface area contributed by atoms with Crippen LogP contribution in [0, 0.1) is 17.8 Å². The van der Waals surface area contributed by atoms with Crippen LogP contribution in [0.4, 0.5) is 0 Å². The van der Waals surface area contributed by atoms with Crippen molar-refractivity contribution in [3.8, 4) is 0 Å². The van der Waals surface area contributed by atoms with E-state index in [0.29, 0.717) is 6.42 Å². The summed E-state index contributed by atoms with van der Waals surface area (Å²) in [5, 5.41) is 63.3. The zero-order chi connectivity index (χ0) is 36.1. The van der Waals surface area contributed by atoms with Crippen molar-refractivity contribution in [3.63, 3.8) is 0 Å². The maximum absolute atomic E-state index is 13.5. The molecule has 2 saturated heterocycles. The van der Waals surface area contributed by atoms with E-state index in [-0.39, 0.29) is 29.7 Å². The molecule has 0 aromatic heterocycles. The van der Waals surface area contributed by atoms with Crippen molar-refractivity contribution in [3.05, 3.63) is 35.9 Å². The van der Waals surface area contributed by atoms with Crippen molar-refractivity contribution in [1.29, 1.82) is 0 Å². The second kappa shape index (κ2) is 17.5. The number of rotatable bonds is 12. The molecule has 6 N–H and O–H groups in total. The van der Waals surface area contributed by atoms with Gasteiger partial charge in [-0.05, 0) is 56.1 Å². The first-order valence-electron chi connectivity index (χ1n) is 18.0. The fraction of sp³-hybridized carbons (Fsp3) is 0.778. The van der Waals surface area contributed by atoms with Gasteiger partial charge in [0.05, 0.1) is 30.5 Å². The minimum absolute atomic E-state index is 0.107. The summed E-state index contributed by atoms with van der Waals surface area (Å²) < 4.78 is 36.8. The molecular weight excluding hydrogens is 656 g/mol. The molecule has 5 rings (SSSR count). The van der Waals surface area contributed by atoms with E-state index in [4.69, 9.17) is 28.4 Å². The number of benzene rings is 1. The van der Waals surface area contributed by atoms with Crippen molar-refractivity contribution in [2.45, 2.75) is 152 Å². The Hall–Kier alpha value is -2.24. The number of carbonyl (C=O) groups excluding carboxylic acids is 1. The van der Waals surface area contributed by atoms with Gasteiger partial charge in [0.1, 0.15) is 36.6 Å². The number of esters is 1. The maximum Gasteiger partial charge on any atom is 0.338 e. The van der Waals surface area contributed by atoms with Gasteiger partial charge in [0.25, 0.3) is 0 Å². The molecule has 0 radical (unpaired) electrons. The van der Waals surface area contributed by atoms with Crippen LogP contribution in [0.25, 0.3) is 0 Å². The third-order valence-electron chi connectivity index (χ3n) is 10.7. The van der Waals surface area contributed by atoms with Gasteiger partial charge in [-0.15, -0.1) is 0 Å². The molecule has 1 aromatic rings. The molecule has 4 aliphatic rings. The van der Waals surface area contributed by atoms with E-state index in [1.165, 1.54) is 0 Å². The lowest BCUT2D eigenvalue weighted by Crippen LogP contribution is -2.64. The fourth-order valence-corrected chi connectivity index (χ4v) is 7.90. The number of aliphatic carboxylic acids is 1. The number of aliphatic hydroxyl groups excluding tert-OH is 5. The molecule has 50 heavy (non-hydrogen) atoms. The van der Waals surface area contributed by atoms with Crippen molar-refractivity contribution >= 4 is 11.9 Å². The van der Waals surface area contributed by atoms with Crippen LogP contribution in [0.15, 0.2) is 30.3 Å². The number of aliphatic hydroxyl groups is 5. The van der Waals surface area contributed by atoms with E-state index >= 15 is 0 Å². The fourth-order valence-electron chi connectivity index (χ4n) is 7.90. The van der Waals surface area contributed by atoms with Crippen LogP contribution in [0.3, 0.4) is 0 Å². The molecule has 2 aliphatic carbocycles. The molecule has 0 unspecified atom stereocenters. The van der Waals surface area contributed by atoms with Crippen molar-refractivity contribution in [1.82, 2.24) is 0 Å². The van der Waals surface area contributed by atoms with E-state index in [9.17, 15) is 40.2 Å². The summed E-state index contributed by atoms with van der Waals surface area (Å²) in [6.45, 7) is 4.85. The number of carboxylic acid groups (broad SMARTS) is 1. The van der Waals surface area contributed by atoms with Crippen LogP contribution in [0.5, 0.6) is 0 Å². The minimum Gasteiger partial charge on any atom is -0.479 e. The smallest absolute Gasteiger partial charge is 0.338 e. The average Bonchev–Trinajstić information content (AvgIpc) is 3.10. The Morgan fingerprint density at radius 1 is 0.820 bits per heavy atom. The van der Waals surface area contributed by atoms with Crippen LogP contribution >= 0.6 is 0 Å². The van der Waals surface area contributed by atoms with Crippen LogP contribution in [-0.4, -0.2) is 129 Å². The Bertz CT molecular complexity index is 1230. The lowest BCUT2D eigenvalue weighted by molar-refractivity contribution is -0.349. The summed E-state index contributed by atoms with van der Waals surface area (Å²) in [6.07, 6.45) is -10.5. The maximum atomic E-state index is 13.5. The topological polar surface area (TPSA) is 211 Å². The van der Waals surface area contributed by atoms with E-state index in [1.807, 2.05) is 13.8 Å². The standard InChI is InChI=1S/C36H54O14/c1-18-14-19(2)30(50-35-29(41)28(40)26(38)20(3)45-35)23(15-18)47-36-32(49-34(44)22-12-8-5-9-13-22)31(27(39)25(17-37)48-36)46-24(33(42)43)16-21-10-6-4-7-11-21/h5,8-9,12-13,18-21,23-32,35-41H,4,6-7,10-11,14-17H2,1-3H3,(H,42,43)/t18-,19+,20+,23-,24+,25-,26-,27+,28-,29+,30-,31+,32-,35+,36-/m1/s1. The van der Waals surface area contributed by atoms with Gasteiger partial charge < -0.3 is 59.1 Å². The number of hydrogen-bond acceptors (Lipinski definition) is 13. The minimum atomic E-state index is -1.59. The summed E-state index contributed by atoms with van der Waals surface area (Å²) in [7, 11) is 0. The van der Waals surface area contributed by atoms with Gasteiger partial charge in [-0.2, -0.15) is 0 Å². The number of hydrogen-bond donors (Lipinski definition) is 6. The molecule has 0 spiro atoms. The summed E-state index contributed by atoms with van der Waals surface area (Å²) in [6, 6.07) is 8.13. The van der Waals surface area contributed by atoms with Crippen LogP contribution in [-0.2, 0) is 33.2 Å². The second-order valence-electron chi connectivity index (χ2n) is 14.6. The Balaban J connectivity index is 1.44. The molecule has 4 fully saturated rings. The first kappa shape index (κ1) is 39.0. The first-order chi connectivity index (χ1) is 23.9. The molecule has 2 saturated carbocycles. The molecular formula is C36H54O14. The highest BCUT2D eigenvalue weighted by atomic mass is 16.7. The third-order valence-corrected chi connectivity index (χ3v) is 10.7. The van der Waals surface area contributed by atoms with Crippen LogP contribution in [0.2, 0.25) is 0 Å². The van der Waals surface area contributed by atoms with Crippen molar-refractivity contribution in [2.24, 2.45) is 17.8 Å². The summed E-state index contributed by atoms with van der Waals surface area (Å²) in [5.74, 6) is -1.93. The highest BCUT2D eigenvalue weighted by Gasteiger charge is 2.53. The van der Waals surface area contributed by atoms with Gasteiger partial charge >= 0.3 is 11.9 Å². The number of carbonyl (C=O) groups is 2. The summed E-state index contributed by atoms with van der Waals surface area (Å²) in [5.41, 5.74) is 0.195. The molecule has 1 aromatic carbocycles. The molecule has 282 valence electrons. The zero-order valence-corrected chi connectivity index (χ0v) is 28.9. The van der Waals surface area contributed by atoms with E-state index in [0.717, 1.165) is 38.5 Å². The van der Waals surface area contributed by atoms with E-state index < -0.39 is 98.3 Å². The molecule has 0 bridgehead atoms. The van der Waals surface area contributed by atoms with Gasteiger partial charge in [-0.25, -0.2) is 9.59 Å². The molecule has 14 heteroatoms.